The predicted octanol–water partition coefficient (Wildman–Crippen LogP) is 2.71. The SMILES string of the molecule is CC(C)(CCCCNC(C)(C)C1CC1)C(N)=NO. The molecule has 4 heteroatoms. The molecule has 1 aliphatic rings. The van der Waals surface area contributed by atoms with Gasteiger partial charge in [-0.25, -0.2) is 0 Å². The Balaban J connectivity index is 2.15. The Morgan fingerprint density at radius 1 is 1.28 bits per heavy atom. The maximum absolute atomic E-state index is 8.70. The van der Waals surface area contributed by atoms with Crippen molar-refractivity contribution in [2.24, 2.45) is 22.2 Å². The van der Waals surface area contributed by atoms with Gasteiger partial charge in [0.2, 0.25) is 0 Å². The molecule has 106 valence electrons. The number of oxime groups is 1. The standard InChI is InChI=1S/C14H29N3O/c1-13(2,12(15)17-18)9-5-6-10-16-14(3,4)11-7-8-11/h11,16,18H,5-10H2,1-4H3,(H2,15,17). The van der Waals surface area contributed by atoms with Gasteiger partial charge in [0.15, 0.2) is 0 Å². The van der Waals surface area contributed by atoms with Crippen LogP contribution in [0, 0.1) is 11.3 Å². The highest BCUT2D eigenvalue weighted by Crippen LogP contribution is 2.39. The molecule has 0 radical (unpaired) electrons. The highest BCUT2D eigenvalue weighted by atomic mass is 16.4. The molecule has 1 saturated carbocycles. The second kappa shape index (κ2) is 5.91. The van der Waals surface area contributed by atoms with E-state index in [2.05, 4.69) is 24.3 Å². The molecular weight excluding hydrogens is 226 g/mol. The third-order valence-corrected chi connectivity index (χ3v) is 4.21. The molecule has 1 rings (SSSR count). The fraction of sp³-hybridized carbons (Fsp3) is 0.929. The summed E-state index contributed by atoms with van der Waals surface area (Å²) in [7, 11) is 0. The van der Waals surface area contributed by atoms with Crippen LogP contribution in [0.2, 0.25) is 0 Å². The van der Waals surface area contributed by atoms with Gasteiger partial charge in [-0.05, 0) is 52.0 Å². The minimum Gasteiger partial charge on any atom is -0.409 e. The van der Waals surface area contributed by atoms with Crippen LogP contribution < -0.4 is 11.1 Å². The van der Waals surface area contributed by atoms with E-state index in [9.17, 15) is 0 Å². The van der Waals surface area contributed by atoms with Crippen LogP contribution in [-0.4, -0.2) is 23.1 Å². The van der Waals surface area contributed by atoms with Crippen molar-refractivity contribution < 1.29 is 5.21 Å². The first-order valence-corrected chi connectivity index (χ1v) is 7.02. The summed E-state index contributed by atoms with van der Waals surface area (Å²) in [6, 6.07) is 0. The van der Waals surface area contributed by atoms with E-state index in [0.29, 0.717) is 11.4 Å². The lowest BCUT2D eigenvalue weighted by molar-refractivity contribution is 0.302. The third-order valence-electron chi connectivity index (χ3n) is 4.21. The molecule has 0 bridgehead atoms. The average Bonchev–Trinajstić information content (AvgIpc) is 3.11. The Bertz CT molecular complexity index is 293. The number of nitrogens with zero attached hydrogens (tertiary/aromatic N) is 1. The lowest BCUT2D eigenvalue weighted by atomic mass is 9.86. The molecular formula is C14H29N3O. The molecule has 0 unspecified atom stereocenters. The summed E-state index contributed by atoms with van der Waals surface area (Å²) in [5.41, 5.74) is 5.75. The number of hydrogen-bond acceptors (Lipinski definition) is 3. The van der Waals surface area contributed by atoms with Crippen molar-refractivity contribution in [3.8, 4) is 0 Å². The second-order valence-electron chi connectivity index (χ2n) is 6.75. The van der Waals surface area contributed by atoms with Crippen LogP contribution in [0.15, 0.2) is 5.16 Å². The van der Waals surface area contributed by atoms with Crippen molar-refractivity contribution in [3.05, 3.63) is 0 Å². The average molecular weight is 255 g/mol. The van der Waals surface area contributed by atoms with Gasteiger partial charge in [0, 0.05) is 11.0 Å². The molecule has 0 amide bonds. The number of unbranched alkanes of at least 4 members (excludes halogenated alkanes) is 1. The molecule has 0 atom stereocenters. The minimum absolute atomic E-state index is 0.208. The van der Waals surface area contributed by atoms with Crippen LogP contribution >= 0.6 is 0 Å². The fourth-order valence-electron chi connectivity index (χ4n) is 2.32. The predicted molar refractivity (Wildman–Crippen MR) is 75.8 cm³/mol. The summed E-state index contributed by atoms with van der Waals surface area (Å²) in [6.45, 7) is 9.68. The monoisotopic (exact) mass is 255 g/mol. The van der Waals surface area contributed by atoms with Gasteiger partial charge in [-0.15, -0.1) is 0 Å². The zero-order valence-electron chi connectivity index (χ0n) is 12.3. The zero-order chi connectivity index (χ0) is 13.8. The minimum atomic E-state index is -0.208. The number of hydrogen-bond donors (Lipinski definition) is 3. The molecule has 0 aliphatic heterocycles. The second-order valence-corrected chi connectivity index (χ2v) is 6.75. The topological polar surface area (TPSA) is 70.6 Å². The molecule has 0 aromatic rings. The highest BCUT2D eigenvalue weighted by Gasteiger charge is 2.36. The Labute approximate surface area is 111 Å². The van der Waals surface area contributed by atoms with E-state index >= 15 is 0 Å². The van der Waals surface area contributed by atoms with Gasteiger partial charge in [0.25, 0.3) is 0 Å². The molecule has 18 heavy (non-hydrogen) atoms. The summed E-state index contributed by atoms with van der Waals surface area (Å²) in [6.07, 6.45) is 5.93. The Morgan fingerprint density at radius 2 is 1.89 bits per heavy atom. The molecule has 4 nitrogen and oxygen atoms in total. The first kappa shape index (κ1) is 15.3. The van der Waals surface area contributed by atoms with Crippen LogP contribution in [0.3, 0.4) is 0 Å². The number of nitrogens with one attached hydrogen (secondary N) is 1. The van der Waals surface area contributed by atoms with Gasteiger partial charge >= 0.3 is 0 Å². The van der Waals surface area contributed by atoms with E-state index < -0.39 is 0 Å². The molecule has 0 aromatic heterocycles. The summed E-state index contributed by atoms with van der Waals surface area (Å²) in [5, 5.41) is 15.4. The smallest absolute Gasteiger partial charge is 0.144 e. The molecule has 4 N–H and O–H groups in total. The van der Waals surface area contributed by atoms with Crippen molar-refractivity contribution in [1.82, 2.24) is 5.32 Å². The third kappa shape index (κ3) is 4.48. The Hall–Kier alpha value is -0.770. The number of nitrogens with two attached hydrogens (primary N) is 1. The van der Waals surface area contributed by atoms with Gasteiger partial charge in [0.1, 0.15) is 5.84 Å². The molecule has 1 fully saturated rings. The van der Waals surface area contributed by atoms with Crippen molar-refractivity contribution in [2.75, 3.05) is 6.54 Å². The summed E-state index contributed by atoms with van der Waals surface area (Å²) in [4.78, 5) is 0. The van der Waals surface area contributed by atoms with Crippen molar-refractivity contribution >= 4 is 5.84 Å². The fourth-order valence-corrected chi connectivity index (χ4v) is 2.32. The van der Waals surface area contributed by atoms with Gasteiger partial charge in [-0.2, -0.15) is 0 Å². The Morgan fingerprint density at radius 3 is 2.39 bits per heavy atom. The van der Waals surface area contributed by atoms with E-state index in [-0.39, 0.29) is 5.41 Å². The van der Waals surface area contributed by atoms with Crippen LogP contribution in [0.4, 0.5) is 0 Å². The van der Waals surface area contributed by atoms with E-state index in [1.165, 1.54) is 12.8 Å². The highest BCUT2D eigenvalue weighted by molar-refractivity contribution is 5.85. The van der Waals surface area contributed by atoms with Gasteiger partial charge in [0.05, 0.1) is 0 Å². The van der Waals surface area contributed by atoms with Crippen LogP contribution in [0.1, 0.15) is 59.8 Å². The lowest BCUT2D eigenvalue weighted by Crippen LogP contribution is -2.41. The zero-order valence-corrected chi connectivity index (χ0v) is 12.3. The molecule has 0 spiro atoms. The molecule has 0 saturated heterocycles. The molecule has 0 heterocycles. The van der Waals surface area contributed by atoms with Crippen LogP contribution in [-0.2, 0) is 0 Å². The van der Waals surface area contributed by atoms with E-state index in [4.69, 9.17) is 10.9 Å². The quantitative estimate of drug-likeness (QED) is 0.205. The van der Waals surface area contributed by atoms with Gasteiger partial charge < -0.3 is 16.3 Å². The number of amidine groups is 1. The van der Waals surface area contributed by atoms with E-state index in [1.54, 1.807) is 0 Å². The summed E-state index contributed by atoms with van der Waals surface area (Å²) in [5.74, 6) is 1.19. The number of rotatable bonds is 8. The summed E-state index contributed by atoms with van der Waals surface area (Å²) < 4.78 is 0. The normalized spacial score (nSPS) is 18.1. The van der Waals surface area contributed by atoms with Gasteiger partial charge in [-0.3, -0.25) is 0 Å². The van der Waals surface area contributed by atoms with Crippen molar-refractivity contribution in [3.63, 3.8) is 0 Å². The Kier molecular flexibility index (Phi) is 5.02. The lowest BCUT2D eigenvalue weighted by Gasteiger charge is -2.27. The molecule has 1 aliphatic carbocycles. The van der Waals surface area contributed by atoms with E-state index in [0.717, 1.165) is 31.7 Å². The largest absolute Gasteiger partial charge is 0.409 e. The first-order chi connectivity index (χ1) is 8.29. The first-order valence-electron chi connectivity index (χ1n) is 7.02. The maximum atomic E-state index is 8.70. The van der Waals surface area contributed by atoms with E-state index in [1.807, 2.05) is 13.8 Å². The van der Waals surface area contributed by atoms with Crippen LogP contribution in [0.5, 0.6) is 0 Å². The van der Waals surface area contributed by atoms with Crippen LogP contribution in [0.25, 0.3) is 0 Å². The maximum Gasteiger partial charge on any atom is 0.144 e. The summed E-state index contributed by atoms with van der Waals surface area (Å²) >= 11 is 0. The van der Waals surface area contributed by atoms with Gasteiger partial charge in [-0.1, -0.05) is 25.4 Å². The van der Waals surface area contributed by atoms with Crippen molar-refractivity contribution in [2.45, 2.75) is 65.3 Å². The van der Waals surface area contributed by atoms with Crippen molar-refractivity contribution in [1.29, 1.82) is 0 Å². The molecule has 0 aromatic carbocycles.